The molecule has 1 saturated heterocycles. The lowest BCUT2D eigenvalue weighted by Crippen LogP contribution is -2.43. The third-order valence-electron chi connectivity index (χ3n) is 5.47. The molecule has 0 atom stereocenters. The van der Waals surface area contributed by atoms with Crippen LogP contribution in [0.15, 0.2) is 35.1 Å². The van der Waals surface area contributed by atoms with Crippen molar-refractivity contribution in [1.29, 1.82) is 0 Å². The second-order valence-electron chi connectivity index (χ2n) is 7.26. The van der Waals surface area contributed by atoms with E-state index in [1.54, 1.807) is 4.57 Å². The Hall–Kier alpha value is -2.34. The fourth-order valence-electron chi connectivity index (χ4n) is 4.01. The number of rotatable bonds is 3. The van der Waals surface area contributed by atoms with Gasteiger partial charge in [-0.2, -0.15) is 0 Å². The van der Waals surface area contributed by atoms with Crippen molar-refractivity contribution in [2.24, 2.45) is 0 Å². The van der Waals surface area contributed by atoms with Crippen molar-refractivity contribution < 1.29 is 4.79 Å². The van der Waals surface area contributed by atoms with Gasteiger partial charge in [0, 0.05) is 25.2 Å². The Morgan fingerprint density at radius 3 is 2.54 bits per heavy atom. The fraction of sp³-hybridized carbons (Fsp3) is 0.500. The molecule has 26 heavy (non-hydrogen) atoms. The first-order chi connectivity index (χ1) is 12.7. The fourth-order valence-corrected chi connectivity index (χ4v) is 4.01. The lowest BCUT2D eigenvalue weighted by molar-refractivity contribution is -0.132. The molecule has 2 aliphatic rings. The highest BCUT2D eigenvalue weighted by Gasteiger charge is 2.22. The molecule has 6 nitrogen and oxygen atoms in total. The average Bonchev–Trinajstić information content (AvgIpc) is 2.81. The number of imidazole rings is 1. The number of para-hydroxylation sites is 2. The summed E-state index contributed by atoms with van der Waals surface area (Å²) < 4.78 is 1.74. The number of carbonyl (C=O) groups is 1. The number of aromatic amines is 1. The molecule has 6 heteroatoms. The quantitative estimate of drug-likeness (QED) is 0.920. The monoisotopic (exact) mass is 354 g/mol. The van der Waals surface area contributed by atoms with Crippen molar-refractivity contribution in [1.82, 2.24) is 19.4 Å². The van der Waals surface area contributed by atoms with Gasteiger partial charge in [0.05, 0.1) is 17.6 Å². The molecule has 3 heterocycles. The number of likely N-dealkylation sites (tertiary alicyclic amines) is 1. The van der Waals surface area contributed by atoms with Gasteiger partial charge in [0.2, 0.25) is 5.91 Å². The first-order valence-corrected chi connectivity index (χ1v) is 9.62. The molecule has 1 N–H and O–H groups in total. The van der Waals surface area contributed by atoms with Gasteiger partial charge in [0.25, 0.3) is 0 Å². The Morgan fingerprint density at radius 2 is 1.81 bits per heavy atom. The van der Waals surface area contributed by atoms with E-state index in [1.165, 1.54) is 25.7 Å². The van der Waals surface area contributed by atoms with E-state index in [0.29, 0.717) is 26.1 Å². The zero-order chi connectivity index (χ0) is 17.9. The number of aromatic nitrogens is 2. The van der Waals surface area contributed by atoms with Gasteiger partial charge in [0.15, 0.2) is 0 Å². The maximum atomic E-state index is 12.6. The number of amides is 1. The molecule has 1 amide bonds. The van der Waals surface area contributed by atoms with Crippen LogP contribution in [0.25, 0.3) is 16.7 Å². The van der Waals surface area contributed by atoms with Crippen molar-refractivity contribution in [2.45, 2.75) is 32.1 Å². The van der Waals surface area contributed by atoms with E-state index in [-0.39, 0.29) is 11.6 Å². The number of hydrogen-bond acceptors (Lipinski definition) is 3. The van der Waals surface area contributed by atoms with Gasteiger partial charge in [-0.3, -0.25) is 14.3 Å². The van der Waals surface area contributed by atoms with Crippen molar-refractivity contribution in [3.63, 3.8) is 0 Å². The van der Waals surface area contributed by atoms with Crippen LogP contribution in [0.4, 0.5) is 0 Å². The van der Waals surface area contributed by atoms with Crippen molar-refractivity contribution in [2.75, 3.05) is 32.7 Å². The first kappa shape index (κ1) is 17.1. The van der Waals surface area contributed by atoms with Crippen molar-refractivity contribution in [3.8, 4) is 0 Å². The maximum Gasteiger partial charge on any atom is 0.330 e. The van der Waals surface area contributed by atoms with E-state index in [2.05, 4.69) is 9.88 Å². The molecule has 1 aromatic carbocycles. The smallest absolute Gasteiger partial charge is 0.330 e. The van der Waals surface area contributed by atoms with E-state index in [1.807, 2.05) is 35.2 Å². The maximum absolute atomic E-state index is 12.6. The third-order valence-corrected chi connectivity index (χ3v) is 5.47. The Balaban J connectivity index is 1.45. The molecule has 2 aliphatic heterocycles. The minimum Gasteiger partial charge on any atom is -0.337 e. The second-order valence-corrected chi connectivity index (χ2v) is 7.26. The van der Waals surface area contributed by atoms with Crippen LogP contribution < -0.4 is 5.69 Å². The van der Waals surface area contributed by atoms with Crippen molar-refractivity contribution >= 4 is 22.6 Å². The summed E-state index contributed by atoms with van der Waals surface area (Å²) in [6.07, 6.45) is 7.67. The molecular weight excluding hydrogens is 328 g/mol. The largest absolute Gasteiger partial charge is 0.337 e. The second kappa shape index (κ2) is 7.50. The van der Waals surface area contributed by atoms with Gasteiger partial charge in [0.1, 0.15) is 0 Å². The summed E-state index contributed by atoms with van der Waals surface area (Å²) in [5, 5.41) is 0. The molecule has 2 aromatic rings. The molecule has 1 fully saturated rings. The predicted octanol–water partition coefficient (Wildman–Crippen LogP) is 2.28. The number of benzene rings is 1. The highest BCUT2D eigenvalue weighted by Crippen LogP contribution is 2.20. The Kier molecular flexibility index (Phi) is 4.93. The highest BCUT2D eigenvalue weighted by molar-refractivity contribution is 5.81. The normalized spacial score (nSPS) is 19.4. The average molecular weight is 354 g/mol. The molecule has 138 valence electrons. The minimum absolute atomic E-state index is 0.109. The van der Waals surface area contributed by atoms with Crippen LogP contribution in [0, 0.1) is 0 Å². The van der Waals surface area contributed by atoms with E-state index in [0.717, 1.165) is 29.8 Å². The molecule has 1 aromatic heterocycles. The standard InChI is InChI=1S/C20H26N4O2/c25-19(15-22-11-5-1-2-6-12-22)23-13-9-16(10-14-23)24-18-8-4-3-7-17(18)21-20(24)26/h3-4,7-9H,1-2,5-6,10-15H2,(H,21,26). The van der Waals surface area contributed by atoms with E-state index < -0.39 is 0 Å². The van der Waals surface area contributed by atoms with Crippen LogP contribution in [0.5, 0.6) is 0 Å². The summed E-state index contributed by atoms with van der Waals surface area (Å²) in [4.78, 5) is 32.1. The van der Waals surface area contributed by atoms with Gasteiger partial charge in [-0.05, 0) is 44.1 Å². The molecular formula is C20H26N4O2. The van der Waals surface area contributed by atoms with Gasteiger partial charge in [-0.1, -0.05) is 25.0 Å². The lowest BCUT2D eigenvalue weighted by atomic mass is 10.2. The summed E-state index contributed by atoms with van der Waals surface area (Å²) in [5.41, 5.74) is 2.61. The van der Waals surface area contributed by atoms with Crippen LogP contribution in [-0.4, -0.2) is 58.0 Å². The van der Waals surface area contributed by atoms with Gasteiger partial charge >= 0.3 is 5.69 Å². The molecule has 4 rings (SSSR count). The van der Waals surface area contributed by atoms with Gasteiger partial charge in [-0.25, -0.2) is 4.79 Å². The zero-order valence-electron chi connectivity index (χ0n) is 15.1. The predicted molar refractivity (Wildman–Crippen MR) is 103 cm³/mol. The number of H-pyrrole nitrogens is 1. The molecule has 0 aliphatic carbocycles. The number of hydrogen-bond donors (Lipinski definition) is 1. The molecule has 0 saturated carbocycles. The van der Waals surface area contributed by atoms with Gasteiger partial charge < -0.3 is 9.88 Å². The number of nitrogens with zero attached hydrogens (tertiary/aromatic N) is 3. The third kappa shape index (κ3) is 3.46. The lowest BCUT2D eigenvalue weighted by Gasteiger charge is -2.29. The van der Waals surface area contributed by atoms with Crippen LogP contribution in [0.1, 0.15) is 32.1 Å². The Bertz CT molecular complexity index is 871. The summed E-state index contributed by atoms with van der Waals surface area (Å²) in [6, 6.07) is 7.71. The summed E-state index contributed by atoms with van der Waals surface area (Å²) >= 11 is 0. The van der Waals surface area contributed by atoms with E-state index in [4.69, 9.17) is 0 Å². The zero-order valence-corrected chi connectivity index (χ0v) is 15.1. The molecule has 0 radical (unpaired) electrons. The number of carbonyl (C=O) groups excluding carboxylic acids is 1. The molecule has 0 bridgehead atoms. The van der Waals surface area contributed by atoms with Crippen LogP contribution >= 0.6 is 0 Å². The Labute approximate surface area is 153 Å². The SMILES string of the molecule is O=C(CN1CCCCCC1)N1CC=C(n2c(=O)[nH]c3ccccc32)CC1. The highest BCUT2D eigenvalue weighted by atomic mass is 16.2. The minimum atomic E-state index is -0.109. The van der Waals surface area contributed by atoms with Crippen LogP contribution in [-0.2, 0) is 4.79 Å². The topological polar surface area (TPSA) is 61.3 Å². The summed E-state index contributed by atoms with van der Waals surface area (Å²) in [7, 11) is 0. The van der Waals surface area contributed by atoms with Gasteiger partial charge in [-0.15, -0.1) is 0 Å². The van der Waals surface area contributed by atoms with Crippen LogP contribution in [0.3, 0.4) is 0 Å². The molecule has 0 unspecified atom stereocenters. The summed E-state index contributed by atoms with van der Waals surface area (Å²) in [5.74, 6) is 0.202. The first-order valence-electron chi connectivity index (χ1n) is 9.62. The van der Waals surface area contributed by atoms with Crippen molar-refractivity contribution in [3.05, 3.63) is 40.8 Å². The summed E-state index contributed by atoms with van der Waals surface area (Å²) in [6.45, 7) is 3.84. The van der Waals surface area contributed by atoms with E-state index >= 15 is 0 Å². The molecule has 0 spiro atoms. The number of fused-ring (bicyclic) bond motifs is 1. The van der Waals surface area contributed by atoms with Crippen LogP contribution in [0.2, 0.25) is 0 Å². The number of nitrogens with one attached hydrogen (secondary N) is 1. The van der Waals surface area contributed by atoms with E-state index in [9.17, 15) is 9.59 Å². The Morgan fingerprint density at radius 1 is 1.04 bits per heavy atom.